The minimum atomic E-state index is -0.819. The zero-order valence-corrected chi connectivity index (χ0v) is 26.3. The maximum atomic E-state index is 14.0. The van der Waals surface area contributed by atoms with E-state index in [1.165, 1.54) is 15.9 Å². The van der Waals surface area contributed by atoms with Gasteiger partial charge in [-0.2, -0.15) is 0 Å². The van der Waals surface area contributed by atoms with Crippen LogP contribution < -0.4 is 24.4 Å². The zero-order valence-electron chi connectivity index (χ0n) is 23.9. The number of hydrogen-bond acceptors (Lipinski definition) is 7. The van der Waals surface area contributed by atoms with E-state index in [1.54, 1.807) is 50.4 Å². The second-order valence-corrected chi connectivity index (χ2v) is 11.8. The molecule has 3 aromatic carbocycles. The summed E-state index contributed by atoms with van der Waals surface area (Å²) in [5.74, 6) is 0.515. The third-order valence-electron chi connectivity index (χ3n) is 6.96. The fourth-order valence-corrected chi connectivity index (χ4v) is 6.26. The first kappa shape index (κ1) is 30.6. The van der Waals surface area contributed by atoms with Crippen molar-refractivity contribution in [1.29, 1.82) is 0 Å². The number of carbonyl (C=O) groups is 1. The van der Waals surface area contributed by atoms with Gasteiger partial charge in [-0.05, 0) is 60.4 Å². The van der Waals surface area contributed by atoms with Crippen molar-refractivity contribution < 1.29 is 19.0 Å². The normalized spacial score (nSPS) is 14.7. The molecule has 7 nitrogen and oxygen atoms in total. The van der Waals surface area contributed by atoms with Gasteiger partial charge in [-0.25, -0.2) is 9.79 Å². The predicted molar refractivity (Wildman–Crippen MR) is 170 cm³/mol. The molecular formula is C33H30Cl2N2O5S. The molecule has 0 aliphatic carbocycles. The van der Waals surface area contributed by atoms with Gasteiger partial charge in [-0.15, -0.1) is 0 Å². The van der Waals surface area contributed by atoms with Crippen LogP contribution in [0.1, 0.15) is 49.4 Å². The summed E-state index contributed by atoms with van der Waals surface area (Å²) in [6.45, 7) is 4.47. The first-order valence-corrected chi connectivity index (χ1v) is 15.4. The molecule has 222 valence electrons. The van der Waals surface area contributed by atoms with Crippen LogP contribution in [0.4, 0.5) is 0 Å². The average molecular weight is 638 g/mol. The van der Waals surface area contributed by atoms with Gasteiger partial charge < -0.3 is 14.2 Å². The summed E-state index contributed by atoms with van der Waals surface area (Å²) in [4.78, 5) is 32.9. The molecule has 4 aromatic rings. The van der Waals surface area contributed by atoms with E-state index in [4.69, 9.17) is 37.4 Å². The molecule has 0 amide bonds. The Morgan fingerprint density at radius 3 is 2.58 bits per heavy atom. The highest BCUT2D eigenvalue weighted by Gasteiger charge is 2.34. The van der Waals surface area contributed by atoms with Crippen molar-refractivity contribution in [3.05, 3.63) is 124 Å². The number of aromatic nitrogens is 1. The van der Waals surface area contributed by atoms with Crippen molar-refractivity contribution in [2.75, 3.05) is 13.7 Å². The van der Waals surface area contributed by atoms with E-state index in [2.05, 4.69) is 11.9 Å². The van der Waals surface area contributed by atoms with Crippen LogP contribution in [-0.2, 0) is 16.1 Å². The van der Waals surface area contributed by atoms with Gasteiger partial charge in [0, 0.05) is 10.0 Å². The largest absolute Gasteiger partial charge is 0.493 e. The molecule has 0 N–H and O–H groups in total. The maximum Gasteiger partial charge on any atom is 0.338 e. The Hall–Kier alpha value is -3.85. The van der Waals surface area contributed by atoms with E-state index in [9.17, 15) is 9.59 Å². The third-order valence-corrected chi connectivity index (χ3v) is 8.51. The molecule has 2 heterocycles. The number of unbranched alkanes of at least 4 members (excludes halogenated alkanes) is 1. The van der Waals surface area contributed by atoms with E-state index in [-0.39, 0.29) is 17.7 Å². The van der Waals surface area contributed by atoms with Gasteiger partial charge in [0.1, 0.15) is 6.61 Å². The average Bonchev–Trinajstić information content (AvgIpc) is 3.31. The van der Waals surface area contributed by atoms with Gasteiger partial charge in [0.2, 0.25) is 0 Å². The Balaban J connectivity index is 1.63. The van der Waals surface area contributed by atoms with Gasteiger partial charge in [0.05, 0.1) is 35.6 Å². The third kappa shape index (κ3) is 6.72. The first-order chi connectivity index (χ1) is 20.8. The number of carbonyl (C=O) groups excluding carboxylic acids is 1. The molecule has 0 saturated heterocycles. The molecule has 10 heteroatoms. The van der Waals surface area contributed by atoms with Crippen molar-refractivity contribution in [3.8, 4) is 11.5 Å². The highest BCUT2D eigenvalue weighted by atomic mass is 35.5. The molecule has 43 heavy (non-hydrogen) atoms. The topological polar surface area (TPSA) is 79.1 Å². The second kappa shape index (κ2) is 13.6. The summed E-state index contributed by atoms with van der Waals surface area (Å²) < 4.78 is 19.3. The number of allylic oxidation sites excluding steroid dienone is 1. The summed E-state index contributed by atoms with van der Waals surface area (Å²) in [7, 11) is 1.56. The quantitative estimate of drug-likeness (QED) is 0.147. The summed E-state index contributed by atoms with van der Waals surface area (Å²) in [5, 5.41) is 0.911. The number of hydrogen-bond donors (Lipinski definition) is 0. The molecule has 0 fully saturated rings. The Kier molecular flexibility index (Phi) is 9.70. The molecule has 1 atom stereocenters. The van der Waals surface area contributed by atoms with Crippen LogP contribution in [0.25, 0.3) is 6.08 Å². The maximum absolute atomic E-state index is 14.0. The molecule has 0 radical (unpaired) electrons. The van der Waals surface area contributed by atoms with E-state index >= 15 is 0 Å². The number of rotatable bonds is 10. The summed E-state index contributed by atoms with van der Waals surface area (Å²) in [6, 6.07) is 19.1. The number of thiazole rings is 1. The van der Waals surface area contributed by atoms with E-state index < -0.39 is 12.0 Å². The van der Waals surface area contributed by atoms with Crippen LogP contribution >= 0.6 is 34.5 Å². The number of nitrogens with zero attached hydrogens (tertiary/aromatic N) is 2. The van der Waals surface area contributed by atoms with Crippen LogP contribution in [0.2, 0.25) is 10.0 Å². The van der Waals surface area contributed by atoms with Gasteiger partial charge in [0.15, 0.2) is 16.3 Å². The van der Waals surface area contributed by atoms with E-state index in [0.29, 0.717) is 54.3 Å². The van der Waals surface area contributed by atoms with Crippen molar-refractivity contribution in [2.45, 2.75) is 39.3 Å². The number of halogens is 2. The summed E-state index contributed by atoms with van der Waals surface area (Å²) in [6.07, 6.45) is 3.60. The minimum Gasteiger partial charge on any atom is -0.493 e. The van der Waals surface area contributed by atoms with Crippen molar-refractivity contribution in [1.82, 2.24) is 4.57 Å². The molecule has 0 bridgehead atoms. The zero-order chi connectivity index (χ0) is 30.5. The monoisotopic (exact) mass is 636 g/mol. The molecule has 0 spiro atoms. The standard InChI is InChI=1S/C33H30Cl2N2O5S/c1-4-5-15-41-26-14-12-23(16-27(26)40-3)30-29(32(39)42-19-21-9-7-6-8-10-21)20(2)36-33-37(30)31(38)28(43-33)17-22-11-13-24(34)18-25(22)35/h6-14,16-18,30H,4-5,15,19H2,1-3H3. The van der Waals surface area contributed by atoms with Gasteiger partial charge in [0.25, 0.3) is 5.56 Å². The second-order valence-electron chi connectivity index (χ2n) is 9.92. The van der Waals surface area contributed by atoms with Crippen molar-refractivity contribution in [2.24, 2.45) is 4.99 Å². The molecule has 1 aliphatic rings. The van der Waals surface area contributed by atoms with Crippen LogP contribution in [0.15, 0.2) is 87.8 Å². The number of fused-ring (bicyclic) bond motifs is 1. The molecule has 1 unspecified atom stereocenters. The Labute approximate surface area is 263 Å². The minimum absolute atomic E-state index is 0.0796. The highest BCUT2D eigenvalue weighted by Crippen LogP contribution is 2.36. The number of benzene rings is 3. The SMILES string of the molecule is CCCCOc1ccc(C2C(C(=O)OCc3ccccc3)=C(C)N=c3sc(=Cc4ccc(Cl)cc4Cl)c(=O)n32)cc1OC. The van der Waals surface area contributed by atoms with E-state index in [1.807, 2.05) is 36.4 Å². The van der Waals surface area contributed by atoms with E-state index in [0.717, 1.165) is 18.4 Å². The van der Waals surface area contributed by atoms with Gasteiger partial charge in [-0.1, -0.05) is 90.3 Å². The lowest BCUT2D eigenvalue weighted by atomic mass is 9.95. The fourth-order valence-electron chi connectivity index (χ4n) is 4.76. The van der Waals surface area contributed by atoms with Crippen LogP contribution in [0.5, 0.6) is 11.5 Å². The van der Waals surface area contributed by atoms with Crippen molar-refractivity contribution in [3.63, 3.8) is 0 Å². The summed E-state index contributed by atoms with van der Waals surface area (Å²) in [5.41, 5.74) is 2.55. The lowest BCUT2D eigenvalue weighted by Gasteiger charge is -2.25. The number of esters is 1. The van der Waals surface area contributed by atoms with Crippen LogP contribution in [0.3, 0.4) is 0 Å². The molecule has 1 aromatic heterocycles. The van der Waals surface area contributed by atoms with Crippen LogP contribution in [0, 0.1) is 0 Å². The lowest BCUT2D eigenvalue weighted by Crippen LogP contribution is -2.39. The Morgan fingerprint density at radius 2 is 1.86 bits per heavy atom. The molecule has 1 aliphatic heterocycles. The molecular weight excluding hydrogens is 607 g/mol. The van der Waals surface area contributed by atoms with Crippen molar-refractivity contribution >= 4 is 46.6 Å². The Morgan fingerprint density at radius 1 is 1.07 bits per heavy atom. The number of ether oxygens (including phenoxy) is 3. The molecule has 0 saturated carbocycles. The smallest absolute Gasteiger partial charge is 0.338 e. The van der Waals surface area contributed by atoms with Crippen LogP contribution in [-0.4, -0.2) is 24.3 Å². The highest BCUT2D eigenvalue weighted by molar-refractivity contribution is 7.07. The van der Waals surface area contributed by atoms with Gasteiger partial charge >= 0.3 is 5.97 Å². The summed E-state index contributed by atoms with van der Waals surface area (Å²) >= 11 is 13.7. The molecule has 5 rings (SSSR count). The predicted octanol–water partition coefficient (Wildman–Crippen LogP) is 6.47. The fraction of sp³-hybridized carbons (Fsp3) is 0.242. The Bertz CT molecular complexity index is 1860. The van der Waals surface area contributed by atoms with Gasteiger partial charge in [-0.3, -0.25) is 9.36 Å². The number of methoxy groups -OCH3 is 1. The first-order valence-electron chi connectivity index (χ1n) is 13.8. The lowest BCUT2D eigenvalue weighted by molar-refractivity contribution is -0.140.